The molecule has 6 heteroatoms. The average Bonchev–Trinajstić information content (AvgIpc) is 2.36. The van der Waals surface area contributed by atoms with Crippen molar-refractivity contribution in [3.63, 3.8) is 0 Å². The van der Waals surface area contributed by atoms with Gasteiger partial charge < -0.3 is 4.74 Å². The minimum absolute atomic E-state index is 0.118. The highest BCUT2D eigenvalue weighted by Crippen LogP contribution is 2.30. The van der Waals surface area contributed by atoms with Gasteiger partial charge in [0.1, 0.15) is 18.2 Å². The summed E-state index contributed by atoms with van der Waals surface area (Å²) in [5.41, 5.74) is 0.513. The van der Waals surface area contributed by atoms with E-state index in [2.05, 4.69) is 15.9 Å². The van der Waals surface area contributed by atoms with Gasteiger partial charge in [0.05, 0.1) is 16.1 Å². The van der Waals surface area contributed by atoms with E-state index in [1.165, 1.54) is 12.1 Å². The lowest BCUT2D eigenvalue weighted by Crippen LogP contribution is -2.00. The second-order valence-electron chi connectivity index (χ2n) is 3.95. The summed E-state index contributed by atoms with van der Waals surface area (Å²) < 4.78 is 45.0. The number of benzene rings is 2. The van der Waals surface area contributed by atoms with Crippen LogP contribution < -0.4 is 4.74 Å². The van der Waals surface area contributed by atoms with E-state index in [9.17, 15) is 13.2 Å². The fourth-order valence-electron chi connectivity index (χ4n) is 1.62. The van der Waals surface area contributed by atoms with Crippen LogP contribution in [0.2, 0.25) is 0 Å². The molecule has 102 valence electrons. The number of hydrogen-bond donors (Lipinski definition) is 0. The third-order valence-electron chi connectivity index (χ3n) is 2.43. The van der Waals surface area contributed by atoms with E-state index >= 15 is 0 Å². The monoisotopic (exact) mass is 341 g/mol. The van der Waals surface area contributed by atoms with E-state index in [1.807, 2.05) is 6.07 Å². The molecule has 2 rings (SSSR count). The third kappa shape index (κ3) is 3.31. The standard InChI is InChI=1S/C14H7BrF3NO/c15-12-4-11(17)5-13(18)14(12)20-7-9-1-8(6-19)2-10(16)3-9/h1-5H,7H2. The SMILES string of the molecule is N#Cc1cc(F)cc(COc2c(F)cc(F)cc2Br)c1. The topological polar surface area (TPSA) is 33.0 Å². The maximum Gasteiger partial charge on any atom is 0.169 e. The van der Waals surface area contributed by atoms with Crippen molar-refractivity contribution >= 4 is 15.9 Å². The van der Waals surface area contributed by atoms with Crippen molar-refractivity contribution in [1.82, 2.24) is 0 Å². The second kappa shape index (κ2) is 5.97. The van der Waals surface area contributed by atoms with Gasteiger partial charge in [0.15, 0.2) is 11.6 Å². The maximum atomic E-state index is 13.5. The molecule has 0 spiro atoms. The van der Waals surface area contributed by atoms with Crippen LogP contribution in [-0.2, 0) is 6.61 Å². The molecule has 0 bridgehead atoms. The molecule has 0 saturated carbocycles. The summed E-state index contributed by atoms with van der Waals surface area (Å²) in [7, 11) is 0. The molecule has 0 amide bonds. The summed E-state index contributed by atoms with van der Waals surface area (Å²) in [5.74, 6) is -2.36. The molecule has 20 heavy (non-hydrogen) atoms. The Morgan fingerprint density at radius 3 is 2.40 bits per heavy atom. The summed E-state index contributed by atoms with van der Waals surface area (Å²) in [6.45, 7) is -0.145. The highest BCUT2D eigenvalue weighted by Gasteiger charge is 2.11. The second-order valence-corrected chi connectivity index (χ2v) is 4.80. The van der Waals surface area contributed by atoms with Crippen LogP contribution in [-0.4, -0.2) is 0 Å². The zero-order valence-electron chi connectivity index (χ0n) is 9.96. The molecular weight excluding hydrogens is 335 g/mol. The van der Waals surface area contributed by atoms with E-state index in [1.54, 1.807) is 0 Å². The quantitative estimate of drug-likeness (QED) is 0.832. The first-order valence-electron chi connectivity index (χ1n) is 5.46. The molecule has 2 nitrogen and oxygen atoms in total. The van der Waals surface area contributed by atoms with Crippen molar-refractivity contribution in [1.29, 1.82) is 5.26 Å². The number of rotatable bonds is 3. The van der Waals surface area contributed by atoms with E-state index in [0.29, 0.717) is 11.6 Å². The lowest BCUT2D eigenvalue weighted by atomic mass is 10.1. The van der Waals surface area contributed by atoms with Crippen LogP contribution in [0.15, 0.2) is 34.8 Å². The number of hydrogen-bond acceptors (Lipinski definition) is 2. The van der Waals surface area contributed by atoms with Gasteiger partial charge in [0.2, 0.25) is 0 Å². The van der Waals surface area contributed by atoms with Crippen molar-refractivity contribution in [2.24, 2.45) is 0 Å². The van der Waals surface area contributed by atoms with Gasteiger partial charge in [-0.05, 0) is 45.8 Å². The lowest BCUT2D eigenvalue weighted by molar-refractivity contribution is 0.286. The Morgan fingerprint density at radius 2 is 1.75 bits per heavy atom. The molecule has 0 fully saturated rings. The first-order chi connectivity index (χ1) is 9.49. The van der Waals surface area contributed by atoms with Crippen LogP contribution in [0.4, 0.5) is 13.2 Å². The number of nitriles is 1. The van der Waals surface area contributed by atoms with E-state index in [4.69, 9.17) is 10.00 Å². The Hall–Kier alpha value is -2.00. The van der Waals surface area contributed by atoms with Crippen LogP contribution in [0.25, 0.3) is 0 Å². The van der Waals surface area contributed by atoms with Gasteiger partial charge in [-0.15, -0.1) is 0 Å². The Bertz CT molecular complexity index is 674. The molecule has 0 N–H and O–H groups in total. The molecule has 0 unspecified atom stereocenters. The van der Waals surface area contributed by atoms with Gasteiger partial charge in [0.25, 0.3) is 0 Å². The summed E-state index contributed by atoms with van der Waals surface area (Å²) in [6.07, 6.45) is 0. The first-order valence-corrected chi connectivity index (χ1v) is 6.26. The summed E-state index contributed by atoms with van der Waals surface area (Å²) >= 11 is 2.98. The predicted molar refractivity (Wildman–Crippen MR) is 69.5 cm³/mol. The van der Waals surface area contributed by atoms with Gasteiger partial charge in [-0.25, -0.2) is 13.2 Å². The molecule has 0 saturated heterocycles. The third-order valence-corrected chi connectivity index (χ3v) is 3.02. The summed E-state index contributed by atoms with van der Waals surface area (Å²) in [6, 6.07) is 7.24. The van der Waals surface area contributed by atoms with E-state index in [0.717, 1.165) is 12.1 Å². The maximum absolute atomic E-state index is 13.5. The van der Waals surface area contributed by atoms with Crippen molar-refractivity contribution in [3.8, 4) is 11.8 Å². The first kappa shape index (κ1) is 14.4. The summed E-state index contributed by atoms with van der Waals surface area (Å²) in [4.78, 5) is 0. The predicted octanol–water partition coefficient (Wildman–Crippen LogP) is 4.32. The molecule has 0 heterocycles. The Morgan fingerprint density at radius 1 is 1.05 bits per heavy atom. The van der Waals surface area contributed by atoms with Crippen LogP contribution in [0.5, 0.6) is 5.75 Å². The molecular formula is C14H7BrF3NO. The van der Waals surface area contributed by atoms with Crippen molar-refractivity contribution < 1.29 is 17.9 Å². The Labute approximate surface area is 121 Å². The zero-order chi connectivity index (χ0) is 14.7. The van der Waals surface area contributed by atoms with E-state index < -0.39 is 17.5 Å². The zero-order valence-corrected chi connectivity index (χ0v) is 11.5. The molecule has 0 atom stereocenters. The van der Waals surface area contributed by atoms with Crippen LogP contribution >= 0.6 is 15.9 Å². The minimum Gasteiger partial charge on any atom is -0.485 e. The van der Waals surface area contributed by atoms with Crippen molar-refractivity contribution in [3.05, 3.63) is 63.4 Å². The fraction of sp³-hybridized carbons (Fsp3) is 0.0714. The van der Waals surface area contributed by atoms with Gasteiger partial charge in [-0.3, -0.25) is 0 Å². The number of ether oxygens (including phenoxy) is 1. The van der Waals surface area contributed by atoms with Gasteiger partial charge >= 0.3 is 0 Å². The molecule has 2 aromatic carbocycles. The number of nitrogens with zero attached hydrogens (tertiary/aromatic N) is 1. The smallest absolute Gasteiger partial charge is 0.169 e. The van der Waals surface area contributed by atoms with Crippen molar-refractivity contribution in [2.75, 3.05) is 0 Å². The van der Waals surface area contributed by atoms with Crippen LogP contribution in [0.1, 0.15) is 11.1 Å². The van der Waals surface area contributed by atoms with E-state index in [-0.39, 0.29) is 22.4 Å². The molecule has 0 aromatic heterocycles. The highest BCUT2D eigenvalue weighted by molar-refractivity contribution is 9.10. The number of halogens is 4. The molecule has 0 aliphatic heterocycles. The minimum atomic E-state index is -0.867. The Balaban J connectivity index is 2.21. The fourth-order valence-corrected chi connectivity index (χ4v) is 2.14. The molecule has 0 aliphatic carbocycles. The molecule has 2 aromatic rings. The lowest BCUT2D eigenvalue weighted by Gasteiger charge is -2.10. The van der Waals surface area contributed by atoms with Crippen LogP contribution in [0, 0.1) is 28.8 Å². The van der Waals surface area contributed by atoms with Gasteiger partial charge in [0, 0.05) is 6.07 Å². The Kier molecular flexibility index (Phi) is 4.30. The summed E-state index contributed by atoms with van der Waals surface area (Å²) in [5, 5.41) is 8.72. The highest BCUT2D eigenvalue weighted by atomic mass is 79.9. The van der Waals surface area contributed by atoms with Gasteiger partial charge in [-0.1, -0.05) is 0 Å². The van der Waals surface area contributed by atoms with Crippen molar-refractivity contribution in [2.45, 2.75) is 6.61 Å². The largest absolute Gasteiger partial charge is 0.485 e. The van der Waals surface area contributed by atoms with Crippen LogP contribution in [0.3, 0.4) is 0 Å². The van der Waals surface area contributed by atoms with Gasteiger partial charge in [-0.2, -0.15) is 5.26 Å². The molecule has 0 aliphatic rings. The average molecular weight is 342 g/mol. The molecule has 0 radical (unpaired) electrons. The normalized spacial score (nSPS) is 10.2.